The van der Waals surface area contributed by atoms with Gasteiger partial charge in [0.05, 0.1) is 17.2 Å². The number of hydrogen-bond donors (Lipinski definition) is 1. The molecule has 1 N–H and O–H groups in total. The topological polar surface area (TPSA) is 91.3 Å². The van der Waals surface area contributed by atoms with Gasteiger partial charge in [0, 0.05) is 13.5 Å². The predicted molar refractivity (Wildman–Crippen MR) is 98.7 cm³/mol. The fourth-order valence-corrected chi connectivity index (χ4v) is 2.96. The van der Waals surface area contributed by atoms with Crippen LogP contribution in [0.5, 0.6) is 0 Å². The van der Waals surface area contributed by atoms with Gasteiger partial charge in [-0.25, -0.2) is 9.59 Å². The van der Waals surface area contributed by atoms with Gasteiger partial charge in [-0.3, -0.25) is 0 Å². The van der Waals surface area contributed by atoms with Gasteiger partial charge >= 0.3 is 11.9 Å². The van der Waals surface area contributed by atoms with Crippen LogP contribution in [-0.4, -0.2) is 55.4 Å². The first-order valence-electron chi connectivity index (χ1n) is 8.89. The minimum atomic E-state index is -1.51. The Morgan fingerprint density at radius 1 is 1.00 bits per heavy atom. The number of rotatable bonds is 7. The molecule has 2 aromatic rings. The van der Waals surface area contributed by atoms with Crippen molar-refractivity contribution in [1.29, 1.82) is 0 Å². The summed E-state index contributed by atoms with van der Waals surface area (Å²) in [6, 6.07) is 17.1. The molecule has 1 aliphatic heterocycles. The summed E-state index contributed by atoms with van der Waals surface area (Å²) < 4.78 is 21.6. The quantitative estimate of drug-likeness (QED) is 0.730. The van der Waals surface area contributed by atoms with Crippen LogP contribution < -0.4 is 0 Å². The van der Waals surface area contributed by atoms with Crippen LogP contribution in [0.4, 0.5) is 0 Å². The largest absolute Gasteiger partial charge is 0.459 e. The Hall–Kier alpha value is -2.74. The molecule has 0 aliphatic carbocycles. The second kappa shape index (κ2) is 8.97. The summed E-state index contributed by atoms with van der Waals surface area (Å²) in [7, 11) is 1.36. The van der Waals surface area contributed by atoms with Gasteiger partial charge in [0.15, 0.2) is 0 Å². The maximum Gasteiger partial charge on any atom is 0.338 e. The van der Waals surface area contributed by atoms with Crippen LogP contribution in [0.1, 0.15) is 27.1 Å². The standard InChI is InChI=1S/C21H22O7/c1-25-21(14-27-20(24)16-10-6-3-7-11-16)18(22)12-17(28-21)13-26-19(23)15-8-4-2-5-9-15/h2-11,17-18,22H,12-14H2,1H3/t17-,18-,21+/m0/s1. The van der Waals surface area contributed by atoms with Crippen LogP contribution in [0.25, 0.3) is 0 Å². The summed E-state index contributed by atoms with van der Waals surface area (Å²) in [5.74, 6) is -2.54. The third-order valence-corrected chi connectivity index (χ3v) is 4.53. The van der Waals surface area contributed by atoms with E-state index in [-0.39, 0.29) is 19.6 Å². The average Bonchev–Trinajstić information content (AvgIpc) is 3.07. The molecule has 7 nitrogen and oxygen atoms in total. The number of benzene rings is 2. The van der Waals surface area contributed by atoms with Crippen molar-refractivity contribution in [2.45, 2.75) is 24.4 Å². The monoisotopic (exact) mass is 386 g/mol. The van der Waals surface area contributed by atoms with Crippen molar-refractivity contribution in [2.75, 3.05) is 20.3 Å². The SMILES string of the molecule is CO[C@]1(COC(=O)c2ccccc2)O[C@H](COC(=O)c2ccccc2)C[C@@H]1O. The Kier molecular flexibility index (Phi) is 6.41. The zero-order chi connectivity index (χ0) is 20.0. The summed E-state index contributed by atoms with van der Waals surface area (Å²) in [5, 5.41) is 10.4. The number of aliphatic hydroxyl groups excluding tert-OH is 1. The van der Waals surface area contributed by atoms with Crippen LogP contribution in [0, 0.1) is 0 Å². The maximum absolute atomic E-state index is 12.1. The Bertz CT molecular complexity index is 793. The van der Waals surface area contributed by atoms with Crippen LogP contribution >= 0.6 is 0 Å². The molecule has 1 heterocycles. The fourth-order valence-electron chi connectivity index (χ4n) is 2.96. The normalized spacial score (nSPS) is 23.9. The van der Waals surface area contributed by atoms with E-state index < -0.39 is 29.9 Å². The predicted octanol–water partition coefficient (Wildman–Crippen LogP) is 2.19. The number of esters is 2. The fraction of sp³-hybridized carbons (Fsp3) is 0.333. The Balaban J connectivity index is 1.55. The van der Waals surface area contributed by atoms with Gasteiger partial charge in [0.2, 0.25) is 5.79 Å². The molecule has 148 valence electrons. The van der Waals surface area contributed by atoms with E-state index in [2.05, 4.69) is 0 Å². The first-order valence-corrected chi connectivity index (χ1v) is 8.89. The van der Waals surface area contributed by atoms with Crippen LogP contribution in [-0.2, 0) is 18.9 Å². The molecule has 1 aliphatic rings. The molecule has 28 heavy (non-hydrogen) atoms. The lowest BCUT2D eigenvalue weighted by Crippen LogP contribution is -2.46. The van der Waals surface area contributed by atoms with Crippen molar-refractivity contribution in [3.05, 3.63) is 71.8 Å². The average molecular weight is 386 g/mol. The van der Waals surface area contributed by atoms with E-state index in [0.717, 1.165) is 0 Å². The zero-order valence-electron chi connectivity index (χ0n) is 15.4. The molecular formula is C21H22O7. The Morgan fingerprint density at radius 2 is 1.54 bits per heavy atom. The van der Waals surface area contributed by atoms with Gasteiger partial charge < -0.3 is 24.1 Å². The lowest BCUT2D eigenvalue weighted by molar-refractivity contribution is -0.262. The van der Waals surface area contributed by atoms with Gasteiger partial charge in [-0.15, -0.1) is 0 Å². The third-order valence-electron chi connectivity index (χ3n) is 4.53. The van der Waals surface area contributed by atoms with Gasteiger partial charge in [-0.05, 0) is 24.3 Å². The number of carbonyl (C=O) groups is 2. The molecule has 2 aromatic carbocycles. The van der Waals surface area contributed by atoms with E-state index in [9.17, 15) is 14.7 Å². The lowest BCUT2D eigenvalue weighted by Gasteiger charge is -2.29. The summed E-state index contributed by atoms with van der Waals surface area (Å²) in [6.45, 7) is -0.343. The molecule has 3 rings (SSSR count). The molecule has 0 radical (unpaired) electrons. The molecule has 1 saturated heterocycles. The summed E-state index contributed by atoms with van der Waals surface area (Å²) in [5.41, 5.74) is 0.811. The number of methoxy groups -OCH3 is 1. The minimum Gasteiger partial charge on any atom is -0.459 e. The van der Waals surface area contributed by atoms with E-state index >= 15 is 0 Å². The Labute approximate surface area is 162 Å². The summed E-state index contributed by atoms with van der Waals surface area (Å²) in [6.07, 6.45) is -1.45. The van der Waals surface area contributed by atoms with Gasteiger partial charge in [-0.1, -0.05) is 36.4 Å². The summed E-state index contributed by atoms with van der Waals surface area (Å²) in [4.78, 5) is 24.2. The van der Waals surface area contributed by atoms with Gasteiger partial charge in [-0.2, -0.15) is 0 Å². The molecule has 0 saturated carbocycles. The van der Waals surface area contributed by atoms with E-state index in [1.165, 1.54) is 7.11 Å². The lowest BCUT2D eigenvalue weighted by atomic mass is 10.1. The number of ether oxygens (including phenoxy) is 4. The van der Waals surface area contributed by atoms with Crippen molar-refractivity contribution in [2.24, 2.45) is 0 Å². The van der Waals surface area contributed by atoms with Gasteiger partial charge in [0.1, 0.15) is 19.3 Å². The highest BCUT2D eigenvalue weighted by Gasteiger charge is 2.50. The molecule has 1 fully saturated rings. The van der Waals surface area contributed by atoms with Crippen LogP contribution in [0.15, 0.2) is 60.7 Å². The van der Waals surface area contributed by atoms with Crippen molar-refractivity contribution < 1.29 is 33.6 Å². The molecule has 0 spiro atoms. The number of hydrogen-bond acceptors (Lipinski definition) is 7. The number of carbonyl (C=O) groups excluding carboxylic acids is 2. The summed E-state index contributed by atoms with van der Waals surface area (Å²) >= 11 is 0. The highest BCUT2D eigenvalue weighted by molar-refractivity contribution is 5.89. The van der Waals surface area contributed by atoms with E-state index in [4.69, 9.17) is 18.9 Å². The van der Waals surface area contributed by atoms with E-state index in [0.29, 0.717) is 11.1 Å². The first kappa shape index (κ1) is 20.0. The highest BCUT2D eigenvalue weighted by Crippen LogP contribution is 2.32. The second-order valence-electron chi connectivity index (χ2n) is 6.41. The maximum atomic E-state index is 12.1. The van der Waals surface area contributed by atoms with E-state index in [1.807, 2.05) is 0 Å². The highest BCUT2D eigenvalue weighted by atomic mass is 16.7. The number of aliphatic hydroxyl groups is 1. The molecule has 0 aromatic heterocycles. The van der Waals surface area contributed by atoms with Crippen LogP contribution in [0.3, 0.4) is 0 Å². The van der Waals surface area contributed by atoms with Gasteiger partial charge in [0.25, 0.3) is 0 Å². The molecule has 7 heteroatoms. The molecule has 0 amide bonds. The minimum absolute atomic E-state index is 0.0530. The first-order chi connectivity index (χ1) is 13.5. The van der Waals surface area contributed by atoms with Crippen molar-refractivity contribution in [3.8, 4) is 0 Å². The molecular weight excluding hydrogens is 364 g/mol. The molecule has 0 unspecified atom stereocenters. The Morgan fingerprint density at radius 3 is 2.07 bits per heavy atom. The van der Waals surface area contributed by atoms with Crippen molar-refractivity contribution in [1.82, 2.24) is 0 Å². The zero-order valence-corrected chi connectivity index (χ0v) is 15.4. The van der Waals surface area contributed by atoms with Crippen molar-refractivity contribution >= 4 is 11.9 Å². The molecule has 3 atom stereocenters. The third kappa shape index (κ3) is 4.56. The van der Waals surface area contributed by atoms with Crippen LogP contribution in [0.2, 0.25) is 0 Å². The smallest absolute Gasteiger partial charge is 0.338 e. The molecule has 0 bridgehead atoms. The van der Waals surface area contributed by atoms with E-state index in [1.54, 1.807) is 60.7 Å². The van der Waals surface area contributed by atoms with Crippen molar-refractivity contribution in [3.63, 3.8) is 0 Å². The second-order valence-corrected chi connectivity index (χ2v) is 6.41.